The van der Waals surface area contributed by atoms with Crippen molar-refractivity contribution < 1.29 is 24.2 Å². The van der Waals surface area contributed by atoms with Crippen LogP contribution in [0.4, 0.5) is 10.5 Å². The van der Waals surface area contributed by atoms with Gasteiger partial charge in [0.05, 0.1) is 18.7 Å². The van der Waals surface area contributed by atoms with Crippen LogP contribution < -0.4 is 10.1 Å². The Bertz CT molecular complexity index is 548. The van der Waals surface area contributed by atoms with Crippen LogP contribution in [0.1, 0.15) is 33.3 Å². The van der Waals surface area contributed by atoms with Crippen LogP contribution in [-0.2, 0) is 16.0 Å². The Morgan fingerprint density at radius 3 is 2.45 bits per heavy atom. The van der Waals surface area contributed by atoms with Gasteiger partial charge in [-0.15, -0.1) is 0 Å². The van der Waals surface area contributed by atoms with Gasteiger partial charge in [-0.25, -0.2) is 4.79 Å². The number of ether oxygens (including phenoxy) is 2. The predicted octanol–water partition coefficient (Wildman–Crippen LogP) is 3.31. The van der Waals surface area contributed by atoms with Gasteiger partial charge >= 0.3 is 12.1 Å². The lowest BCUT2D eigenvalue weighted by Crippen LogP contribution is -2.27. The maximum atomic E-state index is 11.8. The molecule has 0 aliphatic carbocycles. The normalized spacial score (nSPS) is 12.4. The van der Waals surface area contributed by atoms with Gasteiger partial charge in [0.1, 0.15) is 11.4 Å². The smallest absolute Gasteiger partial charge is 0.412 e. The minimum Gasteiger partial charge on any atom is -0.495 e. The predicted molar refractivity (Wildman–Crippen MR) is 83.4 cm³/mol. The maximum absolute atomic E-state index is 11.8. The first-order valence-corrected chi connectivity index (χ1v) is 7.02. The molecule has 1 aromatic carbocycles. The van der Waals surface area contributed by atoms with Gasteiger partial charge < -0.3 is 14.6 Å². The Hall–Kier alpha value is -2.24. The molecule has 122 valence electrons. The molecular weight excluding hydrogens is 286 g/mol. The molecule has 0 heterocycles. The zero-order valence-electron chi connectivity index (χ0n) is 13.6. The lowest BCUT2D eigenvalue weighted by atomic mass is 10.0. The fourth-order valence-electron chi connectivity index (χ4n) is 1.82. The van der Waals surface area contributed by atoms with Crippen LogP contribution in [0.3, 0.4) is 0 Å². The van der Waals surface area contributed by atoms with Gasteiger partial charge in [-0.3, -0.25) is 10.1 Å². The number of nitrogens with one attached hydrogen (secondary N) is 1. The summed E-state index contributed by atoms with van der Waals surface area (Å²) in [7, 11) is 1.49. The Labute approximate surface area is 130 Å². The Morgan fingerprint density at radius 1 is 1.32 bits per heavy atom. The van der Waals surface area contributed by atoms with Crippen molar-refractivity contribution in [2.45, 2.75) is 39.7 Å². The summed E-state index contributed by atoms with van der Waals surface area (Å²) in [6, 6.07) is 5.15. The van der Waals surface area contributed by atoms with E-state index in [1.165, 1.54) is 7.11 Å². The van der Waals surface area contributed by atoms with E-state index in [0.717, 1.165) is 5.56 Å². The summed E-state index contributed by atoms with van der Waals surface area (Å²) in [4.78, 5) is 22.7. The SMILES string of the molecule is COc1cc(CC(C)C(=O)O)ccc1NC(=O)OC(C)(C)C. The fraction of sp³-hybridized carbons (Fsp3) is 0.500. The molecule has 0 radical (unpaired) electrons. The van der Waals surface area contributed by atoms with Crippen molar-refractivity contribution >= 4 is 17.7 Å². The average Bonchev–Trinajstić information content (AvgIpc) is 2.38. The van der Waals surface area contributed by atoms with Gasteiger partial charge in [-0.2, -0.15) is 0 Å². The number of hydrogen-bond donors (Lipinski definition) is 2. The van der Waals surface area contributed by atoms with Crippen molar-refractivity contribution in [1.82, 2.24) is 0 Å². The summed E-state index contributed by atoms with van der Waals surface area (Å²) >= 11 is 0. The molecule has 0 aliphatic rings. The number of hydrogen-bond acceptors (Lipinski definition) is 4. The van der Waals surface area contributed by atoms with Gasteiger partial charge in [0.25, 0.3) is 0 Å². The van der Waals surface area contributed by atoms with Crippen molar-refractivity contribution in [1.29, 1.82) is 0 Å². The third-order valence-electron chi connectivity index (χ3n) is 2.87. The topological polar surface area (TPSA) is 84.9 Å². The third-order valence-corrected chi connectivity index (χ3v) is 2.87. The number of rotatable bonds is 5. The van der Waals surface area contributed by atoms with Gasteiger partial charge in [0, 0.05) is 0 Å². The second kappa shape index (κ2) is 7.15. The molecule has 2 N–H and O–H groups in total. The second-order valence-corrected chi connectivity index (χ2v) is 6.10. The molecule has 0 saturated heterocycles. The number of carbonyl (C=O) groups is 2. The summed E-state index contributed by atoms with van der Waals surface area (Å²) in [5.74, 6) is -0.884. The van der Waals surface area contributed by atoms with E-state index in [-0.39, 0.29) is 0 Å². The Kier molecular flexibility index (Phi) is 5.79. The highest BCUT2D eigenvalue weighted by Gasteiger charge is 2.18. The van der Waals surface area contributed by atoms with E-state index in [2.05, 4.69) is 5.32 Å². The first-order valence-electron chi connectivity index (χ1n) is 7.02. The van der Waals surface area contributed by atoms with E-state index < -0.39 is 23.6 Å². The summed E-state index contributed by atoms with van der Waals surface area (Å²) < 4.78 is 10.4. The number of carboxylic acids is 1. The molecule has 0 saturated carbocycles. The minimum absolute atomic E-state index is 0.387. The van der Waals surface area contributed by atoms with Crippen molar-refractivity contribution in [3.8, 4) is 5.75 Å². The van der Waals surface area contributed by atoms with Crippen LogP contribution >= 0.6 is 0 Å². The quantitative estimate of drug-likeness (QED) is 0.871. The molecule has 22 heavy (non-hydrogen) atoms. The summed E-state index contributed by atoms with van der Waals surface area (Å²) in [5, 5.41) is 11.6. The molecule has 0 fully saturated rings. The molecule has 1 unspecified atom stereocenters. The van der Waals surface area contributed by atoms with E-state index in [1.807, 2.05) is 0 Å². The van der Waals surface area contributed by atoms with Crippen molar-refractivity contribution in [2.24, 2.45) is 5.92 Å². The molecule has 0 aliphatic heterocycles. The number of anilines is 1. The number of aliphatic carboxylic acids is 1. The monoisotopic (exact) mass is 309 g/mol. The van der Waals surface area contributed by atoms with Crippen molar-refractivity contribution in [3.63, 3.8) is 0 Å². The molecular formula is C16H23NO5. The first kappa shape index (κ1) is 17.8. The van der Waals surface area contributed by atoms with Crippen molar-refractivity contribution in [2.75, 3.05) is 12.4 Å². The van der Waals surface area contributed by atoms with Crippen LogP contribution in [0.15, 0.2) is 18.2 Å². The maximum Gasteiger partial charge on any atom is 0.412 e. The van der Waals surface area contributed by atoms with Crippen LogP contribution in [0.25, 0.3) is 0 Å². The Morgan fingerprint density at radius 2 is 1.95 bits per heavy atom. The van der Waals surface area contributed by atoms with Crippen LogP contribution in [0.5, 0.6) is 5.75 Å². The summed E-state index contributed by atoms with van der Waals surface area (Å²) in [6.45, 7) is 6.97. The molecule has 1 amide bonds. The summed E-state index contributed by atoms with van der Waals surface area (Å²) in [6.07, 6.45) is -0.184. The Balaban J connectivity index is 2.85. The fourth-order valence-corrected chi connectivity index (χ4v) is 1.82. The largest absolute Gasteiger partial charge is 0.495 e. The van der Waals surface area contributed by atoms with E-state index in [1.54, 1.807) is 45.9 Å². The molecule has 6 heteroatoms. The number of amides is 1. The number of carboxylic acid groups (broad SMARTS) is 1. The molecule has 1 rings (SSSR count). The number of benzene rings is 1. The van der Waals surface area contributed by atoms with E-state index in [4.69, 9.17) is 14.6 Å². The molecule has 0 aromatic heterocycles. The lowest BCUT2D eigenvalue weighted by molar-refractivity contribution is -0.141. The number of carbonyl (C=O) groups excluding carboxylic acids is 1. The zero-order valence-corrected chi connectivity index (χ0v) is 13.6. The standard InChI is InChI=1S/C16H23NO5/c1-10(14(18)19)8-11-6-7-12(13(9-11)21-5)17-15(20)22-16(2,3)4/h6-7,9-10H,8H2,1-5H3,(H,17,20)(H,18,19). The minimum atomic E-state index is -0.852. The highest BCUT2D eigenvalue weighted by atomic mass is 16.6. The van der Waals surface area contributed by atoms with E-state index >= 15 is 0 Å². The van der Waals surface area contributed by atoms with Gasteiger partial charge in [-0.05, 0) is 44.9 Å². The van der Waals surface area contributed by atoms with Crippen molar-refractivity contribution in [3.05, 3.63) is 23.8 Å². The van der Waals surface area contributed by atoms with Gasteiger partial charge in [-0.1, -0.05) is 13.0 Å². The van der Waals surface area contributed by atoms with Crippen LogP contribution in [0.2, 0.25) is 0 Å². The van der Waals surface area contributed by atoms with Gasteiger partial charge in [0.15, 0.2) is 0 Å². The number of methoxy groups -OCH3 is 1. The van der Waals surface area contributed by atoms with Gasteiger partial charge in [0.2, 0.25) is 0 Å². The summed E-state index contributed by atoms with van der Waals surface area (Å²) in [5.41, 5.74) is 0.707. The zero-order chi connectivity index (χ0) is 16.9. The van der Waals surface area contributed by atoms with Crippen LogP contribution in [0, 0.1) is 5.92 Å². The molecule has 0 bridgehead atoms. The lowest BCUT2D eigenvalue weighted by Gasteiger charge is -2.20. The van der Waals surface area contributed by atoms with E-state index in [0.29, 0.717) is 17.9 Å². The molecule has 6 nitrogen and oxygen atoms in total. The molecule has 1 atom stereocenters. The second-order valence-electron chi connectivity index (χ2n) is 6.10. The average molecular weight is 309 g/mol. The molecule has 0 spiro atoms. The first-order chi connectivity index (χ1) is 10.1. The highest BCUT2D eigenvalue weighted by molar-refractivity contribution is 5.87. The molecule has 1 aromatic rings. The van der Waals surface area contributed by atoms with E-state index in [9.17, 15) is 9.59 Å². The van der Waals surface area contributed by atoms with Crippen LogP contribution in [-0.4, -0.2) is 29.9 Å². The highest BCUT2D eigenvalue weighted by Crippen LogP contribution is 2.27. The third kappa shape index (κ3) is 5.63.